The molecule has 3 fully saturated rings. The lowest BCUT2D eigenvalue weighted by molar-refractivity contribution is -0.144. The number of benzene rings is 1. The van der Waals surface area contributed by atoms with Crippen LogP contribution in [0.4, 0.5) is 5.69 Å². The van der Waals surface area contributed by atoms with Gasteiger partial charge >= 0.3 is 0 Å². The maximum Gasteiger partial charge on any atom is 0.251 e. The molecule has 41 heavy (non-hydrogen) atoms. The van der Waals surface area contributed by atoms with Gasteiger partial charge in [-0.15, -0.1) is 24.9 Å². The monoisotopic (exact) mass is 601 g/mol. The molecular weight excluding hydrogens is 558 g/mol. The Labute approximate surface area is 254 Å². The summed E-state index contributed by atoms with van der Waals surface area (Å²) in [5.74, 6) is -1.10. The number of thioether (sulfide) groups is 1. The van der Waals surface area contributed by atoms with Gasteiger partial charge in [0.05, 0.1) is 16.6 Å². The second kappa shape index (κ2) is 13.8. The number of carbonyl (C=O) groups is 3. The minimum atomic E-state index is -0.685. The molecule has 3 amide bonds. The molecule has 3 unspecified atom stereocenters. The van der Waals surface area contributed by atoms with Crippen LogP contribution in [0.5, 0.6) is 0 Å². The predicted molar refractivity (Wildman–Crippen MR) is 167 cm³/mol. The molecule has 4 rings (SSSR count). The first-order valence-electron chi connectivity index (χ1n) is 14.9. The summed E-state index contributed by atoms with van der Waals surface area (Å²) >= 11 is 7.87. The molecule has 1 aromatic carbocycles. The van der Waals surface area contributed by atoms with Crippen molar-refractivity contribution < 1.29 is 19.5 Å². The van der Waals surface area contributed by atoms with E-state index in [4.69, 9.17) is 11.6 Å². The Morgan fingerprint density at radius 3 is 2.44 bits per heavy atom. The maximum absolute atomic E-state index is 14.7. The number of nitrogens with zero attached hydrogens (tertiary/aromatic N) is 3. The van der Waals surface area contributed by atoms with Crippen LogP contribution < -0.4 is 4.90 Å². The molecule has 0 saturated carbocycles. The third-order valence-electron chi connectivity index (χ3n) is 8.94. The number of aliphatic hydroxyl groups is 1. The molecule has 2 bridgehead atoms. The molecule has 0 aromatic heterocycles. The van der Waals surface area contributed by atoms with Crippen molar-refractivity contribution >= 4 is 46.8 Å². The summed E-state index contributed by atoms with van der Waals surface area (Å²) < 4.78 is -0.678. The van der Waals surface area contributed by atoms with Crippen molar-refractivity contribution in [3.8, 4) is 0 Å². The third kappa shape index (κ3) is 5.84. The Balaban J connectivity index is 1.75. The average Bonchev–Trinajstić information content (AvgIpc) is 3.55. The lowest BCUT2D eigenvalue weighted by Gasteiger charge is -2.41. The van der Waals surface area contributed by atoms with Crippen molar-refractivity contribution in [1.29, 1.82) is 0 Å². The largest absolute Gasteiger partial charge is 0.396 e. The summed E-state index contributed by atoms with van der Waals surface area (Å²) in [5, 5.41) is 9.79. The Hall–Kier alpha value is -2.29. The van der Waals surface area contributed by atoms with Crippen LogP contribution in [0.3, 0.4) is 0 Å². The predicted octanol–water partition coefficient (Wildman–Crippen LogP) is 5.17. The zero-order chi connectivity index (χ0) is 29.7. The molecule has 7 nitrogen and oxygen atoms in total. The van der Waals surface area contributed by atoms with Gasteiger partial charge in [-0.2, -0.15) is 0 Å². The van der Waals surface area contributed by atoms with E-state index in [0.29, 0.717) is 43.3 Å². The molecule has 0 aliphatic carbocycles. The number of hydrogen-bond acceptors (Lipinski definition) is 5. The molecule has 3 aliphatic rings. The lowest BCUT2D eigenvalue weighted by atomic mass is 9.65. The van der Waals surface area contributed by atoms with Gasteiger partial charge in [0.2, 0.25) is 11.8 Å². The molecule has 3 aliphatic heterocycles. The minimum absolute atomic E-state index is 0.000937. The number of aliphatic hydroxyl groups excluding tert-OH is 1. The highest BCUT2D eigenvalue weighted by Crippen LogP contribution is 2.69. The van der Waals surface area contributed by atoms with Crippen molar-refractivity contribution in [3.05, 3.63) is 54.6 Å². The van der Waals surface area contributed by atoms with Crippen LogP contribution in [0.2, 0.25) is 5.02 Å². The van der Waals surface area contributed by atoms with Crippen molar-refractivity contribution in [2.45, 2.75) is 68.4 Å². The fourth-order valence-electron chi connectivity index (χ4n) is 7.22. The number of anilines is 1. The van der Waals surface area contributed by atoms with E-state index in [1.807, 2.05) is 24.0 Å². The van der Waals surface area contributed by atoms with Gasteiger partial charge in [-0.3, -0.25) is 14.4 Å². The highest BCUT2D eigenvalue weighted by Gasteiger charge is 2.76. The number of unbranched alkanes of at least 4 members (excludes halogenated alkanes) is 3. The molecule has 0 radical (unpaired) electrons. The quantitative estimate of drug-likeness (QED) is 0.221. The van der Waals surface area contributed by atoms with Crippen molar-refractivity contribution in [3.63, 3.8) is 0 Å². The number of likely N-dealkylation sites (tertiary alicyclic amines) is 1. The Morgan fingerprint density at radius 2 is 1.80 bits per heavy atom. The van der Waals surface area contributed by atoms with E-state index < -0.39 is 22.6 Å². The number of rotatable bonds is 15. The van der Waals surface area contributed by atoms with Gasteiger partial charge in [-0.25, -0.2) is 0 Å². The summed E-state index contributed by atoms with van der Waals surface area (Å²) in [6.07, 6.45) is 8.24. The second-order valence-corrected chi connectivity index (χ2v) is 13.5. The SMILES string of the molecule is C=CCN(CCC)C(=O)[C@@H]1[C@H]2C(=O)N(CCCCCCO)C(C(=O)N(CC=C)c3ccc(Cl)cc3)C23S[C@@H]1CC3C. The first-order valence-corrected chi connectivity index (χ1v) is 16.2. The number of hydrogen-bond donors (Lipinski definition) is 1. The van der Waals surface area contributed by atoms with Crippen LogP contribution in [-0.4, -0.2) is 81.5 Å². The minimum Gasteiger partial charge on any atom is -0.396 e. The van der Waals surface area contributed by atoms with E-state index in [0.717, 1.165) is 32.1 Å². The molecule has 1 aromatic rings. The van der Waals surface area contributed by atoms with E-state index in [1.54, 1.807) is 45.8 Å². The fourth-order valence-corrected chi connectivity index (χ4v) is 9.75. The van der Waals surface area contributed by atoms with E-state index >= 15 is 0 Å². The van der Waals surface area contributed by atoms with Crippen LogP contribution in [0, 0.1) is 17.8 Å². The highest BCUT2D eigenvalue weighted by molar-refractivity contribution is 8.02. The van der Waals surface area contributed by atoms with Gasteiger partial charge in [0, 0.05) is 48.7 Å². The third-order valence-corrected chi connectivity index (χ3v) is 11.3. The lowest BCUT2D eigenvalue weighted by Crippen LogP contribution is -2.57. The van der Waals surface area contributed by atoms with Gasteiger partial charge < -0.3 is 19.8 Å². The number of halogens is 1. The zero-order valence-electron chi connectivity index (χ0n) is 24.3. The molecule has 1 spiro atoms. The van der Waals surface area contributed by atoms with Crippen LogP contribution in [0.25, 0.3) is 0 Å². The van der Waals surface area contributed by atoms with Crippen LogP contribution in [0.1, 0.15) is 52.4 Å². The van der Waals surface area contributed by atoms with E-state index in [9.17, 15) is 19.5 Å². The standard InChI is InChI=1S/C32H44ClN3O4S/c1-5-16-34(17-6-2)29(38)26-25-21-22(4)32(41-25)27(26)30(39)36(19-10-8-9-11-20-37)28(32)31(40)35(18-7-3)24-14-12-23(33)13-15-24/h5,7,12-15,22,25-28,37H,1,3,6,8-11,16-21H2,2,4H3/t22?,25-,26+,27+,28?,32?/m1/s1. The van der Waals surface area contributed by atoms with Crippen molar-refractivity contribution in [1.82, 2.24) is 9.80 Å². The van der Waals surface area contributed by atoms with Gasteiger partial charge in [0.25, 0.3) is 5.91 Å². The van der Waals surface area contributed by atoms with Gasteiger partial charge in [0.15, 0.2) is 0 Å². The zero-order valence-corrected chi connectivity index (χ0v) is 25.9. The van der Waals surface area contributed by atoms with Crippen LogP contribution >= 0.6 is 23.4 Å². The molecule has 6 atom stereocenters. The maximum atomic E-state index is 14.7. The molecule has 3 heterocycles. The van der Waals surface area contributed by atoms with Crippen molar-refractivity contribution in [2.75, 3.05) is 37.7 Å². The first-order chi connectivity index (χ1) is 19.8. The Kier molecular flexibility index (Phi) is 10.6. The second-order valence-electron chi connectivity index (χ2n) is 11.5. The first kappa shape index (κ1) is 31.6. The van der Waals surface area contributed by atoms with Crippen molar-refractivity contribution in [2.24, 2.45) is 17.8 Å². The Morgan fingerprint density at radius 1 is 1.12 bits per heavy atom. The molecule has 1 N–H and O–H groups in total. The fraction of sp³-hybridized carbons (Fsp3) is 0.594. The summed E-state index contributed by atoms with van der Waals surface area (Å²) in [4.78, 5) is 48.5. The van der Waals surface area contributed by atoms with E-state index in [-0.39, 0.29) is 35.5 Å². The molecule has 224 valence electrons. The van der Waals surface area contributed by atoms with E-state index in [1.165, 1.54) is 0 Å². The smallest absolute Gasteiger partial charge is 0.251 e. The summed E-state index contributed by atoms with van der Waals surface area (Å²) in [6.45, 7) is 13.9. The summed E-state index contributed by atoms with van der Waals surface area (Å²) in [7, 11) is 0. The summed E-state index contributed by atoms with van der Waals surface area (Å²) in [5.41, 5.74) is 0.701. The average molecular weight is 602 g/mol. The summed E-state index contributed by atoms with van der Waals surface area (Å²) in [6, 6.07) is 6.48. The highest BCUT2D eigenvalue weighted by atomic mass is 35.5. The van der Waals surface area contributed by atoms with Gasteiger partial charge in [-0.05, 0) is 55.9 Å². The molecule has 9 heteroatoms. The topological polar surface area (TPSA) is 81.2 Å². The number of carbonyl (C=O) groups excluding carboxylic acids is 3. The Bertz CT molecular complexity index is 1130. The number of fused-ring (bicyclic) bond motifs is 1. The van der Waals surface area contributed by atoms with Gasteiger partial charge in [0.1, 0.15) is 6.04 Å². The molecular formula is C32H44ClN3O4S. The normalized spacial score (nSPS) is 28.0. The van der Waals surface area contributed by atoms with Crippen LogP contribution in [0.15, 0.2) is 49.6 Å². The van der Waals surface area contributed by atoms with Gasteiger partial charge in [-0.1, -0.05) is 50.4 Å². The van der Waals surface area contributed by atoms with E-state index in [2.05, 4.69) is 20.1 Å². The van der Waals surface area contributed by atoms with Crippen LogP contribution in [-0.2, 0) is 14.4 Å². The number of amides is 3. The molecule has 3 saturated heterocycles.